The lowest BCUT2D eigenvalue weighted by Gasteiger charge is -2.07. The number of nitrogens with zero attached hydrogens (tertiary/aromatic N) is 5. The highest BCUT2D eigenvalue weighted by Crippen LogP contribution is 2.20. The highest BCUT2D eigenvalue weighted by atomic mass is 79.9. The van der Waals surface area contributed by atoms with Crippen molar-refractivity contribution in [1.29, 1.82) is 0 Å². The van der Waals surface area contributed by atoms with Gasteiger partial charge < -0.3 is 4.57 Å². The Labute approximate surface area is 129 Å². The number of aromatic nitrogens is 5. The fraction of sp³-hybridized carbons (Fsp3) is 0.231. The quantitative estimate of drug-likeness (QED) is 0.678. The molecule has 20 heavy (non-hydrogen) atoms. The number of hydrogen-bond acceptors (Lipinski definition) is 4. The Morgan fingerprint density at radius 3 is 2.95 bits per heavy atom. The summed E-state index contributed by atoms with van der Waals surface area (Å²) in [4.78, 5) is 17.2. The highest BCUT2D eigenvalue weighted by molar-refractivity contribution is 9.10. The Morgan fingerprint density at radius 1 is 1.30 bits per heavy atom. The van der Waals surface area contributed by atoms with Crippen molar-refractivity contribution < 1.29 is 0 Å². The van der Waals surface area contributed by atoms with E-state index in [9.17, 15) is 0 Å². The van der Waals surface area contributed by atoms with Crippen molar-refractivity contribution >= 4 is 38.7 Å². The molecule has 0 aliphatic rings. The first-order valence-electron chi connectivity index (χ1n) is 6.09. The molecule has 0 aromatic carbocycles. The van der Waals surface area contributed by atoms with Crippen molar-refractivity contribution in [2.24, 2.45) is 0 Å². The van der Waals surface area contributed by atoms with Crippen LogP contribution in [0.5, 0.6) is 0 Å². The molecule has 0 saturated carbocycles. The molecule has 3 aromatic heterocycles. The molecule has 0 bridgehead atoms. The number of pyridine rings is 1. The molecule has 0 radical (unpaired) electrons. The average molecular weight is 353 g/mol. The molecule has 0 saturated heterocycles. The second kappa shape index (κ2) is 5.85. The van der Waals surface area contributed by atoms with Crippen LogP contribution in [0.3, 0.4) is 0 Å². The van der Waals surface area contributed by atoms with Crippen molar-refractivity contribution in [1.82, 2.24) is 24.5 Å². The topological polar surface area (TPSA) is 56.5 Å². The molecule has 0 fully saturated rings. The van der Waals surface area contributed by atoms with Crippen molar-refractivity contribution in [2.75, 3.05) is 5.88 Å². The van der Waals surface area contributed by atoms with Gasteiger partial charge in [0.15, 0.2) is 5.65 Å². The minimum atomic E-state index is 0.522. The molecular weight excluding hydrogens is 342 g/mol. The van der Waals surface area contributed by atoms with Gasteiger partial charge in [-0.05, 0) is 28.1 Å². The second-order valence-electron chi connectivity index (χ2n) is 4.25. The SMILES string of the molecule is ClCCc1nc2cc(Br)cnc2n1Cc1ccncn1. The molecule has 0 amide bonds. The van der Waals surface area contributed by atoms with Crippen LogP contribution in [0.2, 0.25) is 0 Å². The number of hydrogen-bond donors (Lipinski definition) is 0. The second-order valence-corrected chi connectivity index (χ2v) is 5.54. The molecule has 102 valence electrons. The number of fused-ring (bicyclic) bond motifs is 1. The molecule has 0 spiro atoms. The van der Waals surface area contributed by atoms with Gasteiger partial charge in [-0.15, -0.1) is 11.6 Å². The minimum absolute atomic E-state index is 0.522. The number of imidazole rings is 1. The minimum Gasteiger partial charge on any atom is -0.307 e. The zero-order valence-corrected chi connectivity index (χ0v) is 12.8. The molecule has 0 atom stereocenters. The van der Waals surface area contributed by atoms with Gasteiger partial charge in [0, 0.05) is 29.2 Å². The Balaban J connectivity index is 2.09. The molecule has 0 aliphatic heterocycles. The molecule has 3 aromatic rings. The molecule has 0 N–H and O–H groups in total. The zero-order chi connectivity index (χ0) is 13.9. The van der Waals surface area contributed by atoms with Crippen molar-refractivity contribution in [3.63, 3.8) is 0 Å². The van der Waals surface area contributed by atoms with E-state index in [0.717, 1.165) is 27.2 Å². The highest BCUT2D eigenvalue weighted by Gasteiger charge is 2.12. The number of aryl methyl sites for hydroxylation is 1. The van der Waals surface area contributed by atoms with Crippen LogP contribution in [0.25, 0.3) is 11.2 Å². The van der Waals surface area contributed by atoms with E-state index >= 15 is 0 Å². The molecule has 7 heteroatoms. The third-order valence-corrected chi connectivity index (χ3v) is 3.53. The standard InChI is InChI=1S/C13H11BrClN5/c14-9-5-11-13(17-6-9)20(12(19-11)1-3-15)7-10-2-4-16-8-18-10/h2,4-6,8H,1,3,7H2. The first kappa shape index (κ1) is 13.5. The summed E-state index contributed by atoms with van der Waals surface area (Å²) in [6.45, 7) is 0.611. The van der Waals surface area contributed by atoms with E-state index < -0.39 is 0 Å². The van der Waals surface area contributed by atoms with Crippen molar-refractivity contribution in [3.05, 3.63) is 46.8 Å². The summed E-state index contributed by atoms with van der Waals surface area (Å²) in [5.74, 6) is 1.44. The summed E-state index contributed by atoms with van der Waals surface area (Å²) in [6.07, 6.45) is 5.73. The van der Waals surface area contributed by atoms with Crippen LogP contribution in [0.4, 0.5) is 0 Å². The third kappa shape index (κ3) is 2.66. The lowest BCUT2D eigenvalue weighted by atomic mass is 10.3. The van der Waals surface area contributed by atoms with Gasteiger partial charge >= 0.3 is 0 Å². The Hall–Kier alpha value is -1.53. The predicted octanol–water partition coefficient (Wildman–Crippen LogP) is 2.81. The number of alkyl halides is 1. The van der Waals surface area contributed by atoms with E-state index in [1.54, 1.807) is 18.7 Å². The summed E-state index contributed by atoms with van der Waals surface area (Å²) >= 11 is 9.27. The van der Waals surface area contributed by atoms with Gasteiger partial charge in [0.05, 0.1) is 12.2 Å². The largest absolute Gasteiger partial charge is 0.307 e. The molecular formula is C13H11BrClN5. The summed E-state index contributed by atoms with van der Waals surface area (Å²) in [6, 6.07) is 3.84. The van der Waals surface area contributed by atoms with E-state index in [1.165, 1.54) is 0 Å². The van der Waals surface area contributed by atoms with Gasteiger partial charge in [0.2, 0.25) is 0 Å². The van der Waals surface area contributed by atoms with Crippen LogP contribution in [0.15, 0.2) is 35.3 Å². The maximum atomic E-state index is 5.86. The molecule has 3 rings (SSSR count). The van der Waals surface area contributed by atoms with Gasteiger partial charge in [-0.3, -0.25) is 0 Å². The lowest BCUT2D eigenvalue weighted by molar-refractivity contribution is 0.728. The Kier molecular flexibility index (Phi) is 3.93. The Morgan fingerprint density at radius 2 is 2.20 bits per heavy atom. The summed E-state index contributed by atoms with van der Waals surface area (Å²) in [5.41, 5.74) is 2.61. The first-order chi connectivity index (χ1) is 9.78. The third-order valence-electron chi connectivity index (χ3n) is 2.91. The molecule has 0 aliphatic carbocycles. The van der Waals surface area contributed by atoms with E-state index in [-0.39, 0.29) is 0 Å². The van der Waals surface area contributed by atoms with Gasteiger partial charge in [-0.25, -0.2) is 19.9 Å². The number of halogens is 2. The summed E-state index contributed by atoms with van der Waals surface area (Å²) in [5, 5.41) is 0. The smallest absolute Gasteiger partial charge is 0.160 e. The van der Waals surface area contributed by atoms with E-state index in [0.29, 0.717) is 18.8 Å². The van der Waals surface area contributed by atoms with Crippen LogP contribution in [-0.2, 0) is 13.0 Å². The van der Waals surface area contributed by atoms with Crippen molar-refractivity contribution in [3.8, 4) is 0 Å². The molecule has 0 unspecified atom stereocenters. The Bertz CT molecular complexity index is 728. The van der Waals surface area contributed by atoms with Gasteiger partial charge in [-0.2, -0.15) is 0 Å². The maximum Gasteiger partial charge on any atom is 0.160 e. The summed E-state index contributed by atoms with van der Waals surface area (Å²) in [7, 11) is 0. The van der Waals surface area contributed by atoms with Crippen LogP contribution in [0.1, 0.15) is 11.5 Å². The molecule has 3 heterocycles. The maximum absolute atomic E-state index is 5.86. The van der Waals surface area contributed by atoms with Crippen LogP contribution < -0.4 is 0 Å². The van der Waals surface area contributed by atoms with Gasteiger partial charge in [0.25, 0.3) is 0 Å². The number of rotatable bonds is 4. The first-order valence-corrected chi connectivity index (χ1v) is 7.42. The molecule has 5 nitrogen and oxygen atoms in total. The predicted molar refractivity (Wildman–Crippen MR) is 80.8 cm³/mol. The van der Waals surface area contributed by atoms with Crippen LogP contribution >= 0.6 is 27.5 Å². The van der Waals surface area contributed by atoms with Crippen LogP contribution in [-0.4, -0.2) is 30.4 Å². The van der Waals surface area contributed by atoms with E-state index in [1.807, 2.05) is 16.7 Å². The fourth-order valence-corrected chi connectivity index (χ4v) is 2.54. The fourth-order valence-electron chi connectivity index (χ4n) is 2.05. The monoisotopic (exact) mass is 351 g/mol. The van der Waals surface area contributed by atoms with Gasteiger partial charge in [-0.1, -0.05) is 0 Å². The average Bonchev–Trinajstić information content (AvgIpc) is 2.77. The van der Waals surface area contributed by atoms with Crippen molar-refractivity contribution in [2.45, 2.75) is 13.0 Å². The van der Waals surface area contributed by atoms with E-state index in [2.05, 4.69) is 35.9 Å². The normalized spacial score (nSPS) is 11.1. The zero-order valence-electron chi connectivity index (χ0n) is 10.5. The summed E-state index contributed by atoms with van der Waals surface area (Å²) < 4.78 is 2.96. The van der Waals surface area contributed by atoms with Crippen LogP contribution in [0, 0.1) is 0 Å². The lowest BCUT2D eigenvalue weighted by Crippen LogP contribution is -2.08. The van der Waals surface area contributed by atoms with E-state index in [4.69, 9.17) is 11.6 Å². The van der Waals surface area contributed by atoms with Gasteiger partial charge in [0.1, 0.15) is 17.7 Å².